The molecule has 1 unspecified atom stereocenters. The molecule has 19 heavy (non-hydrogen) atoms. The molecule has 4 heteroatoms. The Balaban J connectivity index is 2.37. The van der Waals surface area contributed by atoms with Crippen LogP contribution in [0.15, 0.2) is 12.3 Å². The molecule has 1 saturated heterocycles. The first-order chi connectivity index (χ1) is 9.13. The van der Waals surface area contributed by atoms with E-state index < -0.39 is 5.97 Å². The summed E-state index contributed by atoms with van der Waals surface area (Å²) in [6.45, 7) is 5.05. The van der Waals surface area contributed by atoms with E-state index in [1.807, 2.05) is 13.0 Å². The van der Waals surface area contributed by atoms with Crippen molar-refractivity contribution in [2.24, 2.45) is 0 Å². The zero-order valence-electron chi connectivity index (χ0n) is 11.7. The molecular formula is C15H22N2O2. The van der Waals surface area contributed by atoms with Crippen molar-refractivity contribution >= 4 is 11.7 Å². The number of pyridine rings is 1. The van der Waals surface area contributed by atoms with Crippen LogP contribution >= 0.6 is 0 Å². The second-order valence-corrected chi connectivity index (χ2v) is 5.28. The van der Waals surface area contributed by atoms with Crippen LogP contribution in [0, 0.1) is 6.92 Å². The van der Waals surface area contributed by atoms with Gasteiger partial charge < -0.3 is 10.0 Å². The van der Waals surface area contributed by atoms with Gasteiger partial charge in [0.05, 0.1) is 5.69 Å². The standard InChI is InChI=1S/C15H22N2O2/c1-3-6-12-7-4-5-8-17(12)14-9-11(2)16-10-13(14)15(18)19/h9-10,12H,3-8H2,1-2H3,(H,18,19). The molecule has 0 saturated carbocycles. The average Bonchev–Trinajstić information content (AvgIpc) is 2.39. The van der Waals surface area contributed by atoms with E-state index in [0.717, 1.165) is 43.6 Å². The fourth-order valence-electron chi connectivity index (χ4n) is 2.90. The van der Waals surface area contributed by atoms with Gasteiger partial charge in [-0.15, -0.1) is 0 Å². The van der Waals surface area contributed by atoms with Crippen LogP contribution in [0.3, 0.4) is 0 Å². The number of aromatic carboxylic acids is 1. The van der Waals surface area contributed by atoms with Gasteiger partial charge in [-0.1, -0.05) is 13.3 Å². The van der Waals surface area contributed by atoms with Gasteiger partial charge in [-0.25, -0.2) is 4.79 Å². The molecule has 2 rings (SSSR count). The quantitative estimate of drug-likeness (QED) is 0.905. The molecule has 2 heterocycles. The zero-order valence-corrected chi connectivity index (χ0v) is 11.7. The van der Waals surface area contributed by atoms with Crippen LogP contribution in [0.4, 0.5) is 5.69 Å². The Hall–Kier alpha value is -1.58. The molecule has 1 aliphatic rings. The Kier molecular flexibility index (Phi) is 4.40. The maximum Gasteiger partial charge on any atom is 0.339 e. The molecule has 1 N–H and O–H groups in total. The monoisotopic (exact) mass is 262 g/mol. The fraction of sp³-hybridized carbons (Fsp3) is 0.600. The lowest BCUT2D eigenvalue weighted by molar-refractivity contribution is 0.0697. The average molecular weight is 262 g/mol. The summed E-state index contributed by atoms with van der Waals surface area (Å²) < 4.78 is 0. The van der Waals surface area contributed by atoms with Crippen LogP contribution in [0.2, 0.25) is 0 Å². The lowest BCUT2D eigenvalue weighted by Gasteiger charge is -2.38. The van der Waals surface area contributed by atoms with Gasteiger partial charge in [0.15, 0.2) is 0 Å². The molecule has 0 aliphatic carbocycles. The Morgan fingerprint density at radius 2 is 2.32 bits per heavy atom. The number of carbonyl (C=O) groups is 1. The number of nitrogens with zero attached hydrogens (tertiary/aromatic N) is 2. The molecule has 0 bridgehead atoms. The number of aromatic nitrogens is 1. The van der Waals surface area contributed by atoms with Crippen molar-refractivity contribution < 1.29 is 9.90 Å². The smallest absolute Gasteiger partial charge is 0.339 e. The molecule has 0 spiro atoms. The number of hydrogen-bond acceptors (Lipinski definition) is 3. The Bertz CT molecular complexity index is 457. The van der Waals surface area contributed by atoms with Crippen molar-refractivity contribution in [2.45, 2.75) is 52.0 Å². The highest BCUT2D eigenvalue weighted by Gasteiger charge is 2.25. The second-order valence-electron chi connectivity index (χ2n) is 5.28. The van der Waals surface area contributed by atoms with E-state index in [-0.39, 0.29) is 0 Å². The van der Waals surface area contributed by atoms with Crippen LogP contribution in [0.1, 0.15) is 55.1 Å². The summed E-state index contributed by atoms with van der Waals surface area (Å²) in [6.07, 6.45) is 7.29. The predicted octanol–water partition coefficient (Wildman–Crippen LogP) is 3.25. The number of hydrogen-bond donors (Lipinski definition) is 1. The summed E-state index contributed by atoms with van der Waals surface area (Å²) in [5, 5.41) is 9.34. The van der Waals surface area contributed by atoms with Crippen LogP contribution in [-0.2, 0) is 0 Å². The van der Waals surface area contributed by atoms with Crippen molar-refractivity contribution in [1.82, 2.24) is 4.98 Å². The molecule has 4 nitrogen and oxygen atoms in total. The summed E-state index contributed by atoms with van der Waals surface area (Å²) >= 11 is 0. The minimum Gasteiger partial charge on any atom is -0.478 e. The van der Waals surface area contributed by atoms with Crippen molar-refractivity contribution in [2.75, 3.05) is 11.4 Å². The molecule has 1 aromatic heterocycles. The number of carboxylic acid groups (broad SMARTS) is 1. The van der Waals surface area contributed by atoms with E-state index in [2.05, 4.69) is 16.8 Å². The molecular weight excluding hydrogens is 240 g/mol. The first-order valence-corrected chi connectivity index (χ1v) is 7.10. The molecule has 1 aliphatic heterocycles. The molecule has 1 aromatic rings. The van der Waals surface area contributed by atoms with E-state index >= 15 is 0 Å². The van der Waals surface area contributed by atoms with Gasteiger partial charge in [0.25, 0.3) is 0 Å². The highest BCUT2D eigenvalue weighted by atomic mass is 16.4. The van der Waals surface area contributed by atoms with E-state index in [9.17, 15) is 9.90 Å². The Morgan fingerprint density at radius 3 is 3.00 bits per heavy atom. The first-order valence-electron chi connectivity index (χ1n) is 7.10. The summed E-state index contributed by atoms with van der Waals surface area (Å²) in [7, 11) is 0. The van der Waals surface area contributed by atoms with Crippen LogP contribution < -0.4 is 4.90 Å². The number of piperidine rings is 1. The first kappa shape index (κ1) is 13.8. The Morgan fingerprint density at radius 1 is 1.53 bits per heavy atom. The molecule has 104 valence electrons. The third-order valence-corrected chi connectivity index (χ3v) is 3.81. The molecule has 1 atom stereocenters. The van der Waals surface area contributed by atoms with Gasteiger partial charge in [-0.05, 0) is 38.7 Å². The summed E-state index contributed by atoms with van der Waals surface area (Å²) in [6, 6.07) is 2.39. The van der Waals surface area contributed by atoms with Crippen molar-refractivity contribution in [3.8, 4) is 0 Å². The highest BCUT2D eigenvalue weighted by molar-refractivity contribution is 5.94. The van der Waals surface area contributed by atoms with Gasteiger partial charge in [0, 0.05) is 24.5 Å². The van der Waals surface area contributed by atoms with Crippen molar-refractivity contribution in [1.29, 1.82) is 0 Å². The normalized spacial score (nSPS) is 19.5. The van der Waals surface area contributed by atoms with Gasteiger partial charge in [0.2, 0.25) is 0 Å². The van der Waals surface area contributed by atoms with Gasteiger partial charge >= 0.3 is 5.97 Å². The lowest BCUT2D eigenvalue weighted by atomic mass is 9.96. The highest BCUT2D eigenvalue weighted by Crippen LogP contribution is 2.30. The van der Waals surface area contributed by atoms with Crippen LogP contribution in [0.5, 0.6) is 0 Å². The van der Waals surface area contributed by atoms with E-state index in [4.69, 9.17) is 0 Å². The summed E-state index contributed by atoms with van der Waals surface area (Å²) in [5.74, 6) is -0.886. The minimum absolute atomic E-state index is 0.327. The maximum atomic E-state index is 11.4. The number of aryl methyl sites for hydroxylation is 1. The molecule has 1 fully saturated rings. The molecule has 0 aromatic carbocycles. The van der Waals surface area contributed by atoms with E-state index in [1.54, 1.807) is 0 Å². The van der Waals surface area contributed by atoms with Crippen LogP contribution in [-0.4, -0.2) is 28.6 Å². The van der Waals surface area contributed by atoms with E-state index in [0.29, 0.717) is 11.6 Å². The van der Waals surface area contributed by atoms with Gasteiger partial charge in [-0.2, -0.15) is 0 Å². The third kappa shape index (κ3) is 3.06. The number of carboxylic acids is 1. The third-order valence-electron chi connectivity index (χ3n) is 3.81. The van der Waals surface area contributed by atoms with Gasteiger partial charge in [-0.3, -0.25) is 4.98 Å². The van der Waals surface area contributed by atoms with Crippen molar-refractivity contribution in [3.63, 3.8) is 0 Å². The number of rotatable bonds is 4. The van der Waals surface area contributed by atoms with Crippen LogP contribution in [0.25, 0.3) is 0 Å². The Labute approximate surface area is 114 Å². The van der Waals surface area contributed by atoms with Crippen molar-refractivity contribution in [3.05, 3.63) is 23.5 Å². The number of anilines is 1. The zero-order chi connectivity index (χ0) is 13.8. The summed E-state index contributed by atoms with van der Waals surface area (Å²) in [4.78, 5) is 17.8. The predicted molar refractivity (Wildman–Crippen MR) is 75.8 cm³/mol. The molecule has 0 amide bonds. The molecule has 0 radical (unpaired) electrons. The van der Waals surface area contributed by atoms with E-state index in [1.165, 1.54) is 12.6 Å². The largest absolute Gasteiger partial charge is 0.478 e. The minimum atomic E-state index is -0.886. The maximum absolute atomic E-state index is 11.4. The lowest BCUT2D eigenvalue weighted by Crippen LogP contribution is -2.40. The SMILES string of the molecule is CCCC1CCCCN1c1cc(C)ncc1C(=O)O. The fourth-order valence-corrected chi connectivity index (χ4v) is 2.90. The summed E-state index contributed by atoms with van der Waals surface area (Å²) in [5.41, 5.74) is 2.05. The second kappa shape index (κ2) is 6.04. The van der Waals surface area contributed by atoms with Gasteiger partial charge in [0.1, 0.15) is 5.56 Å². The topological polar surface area (TPSA) is 53.4 Å².